The smallest absolute Gasteiger partial charge is 0.311 e. The molecule has 1 saturated heterocycles. The molecule has 116 valence electrons. The van der Waals surface area contributed by atoms with E-state index in [0.717, 1.165) is 0 Å². The number of benzene rings is 1. The molecule has 1 atom stereocenters. The fourth-order valence-electron chi connectivity index (χ4n) is 2.46. The van der Waals surface area contributed by atoms with Gasteiger partial charge in [-0.15, -0.1) is 0 Å². The highest BCUT2D eigenvalue weighted by Crippen LogP contribution is 2.25. The summed E-state index contributed by atoms with van der Waals surface area (Å²) in [5.74, 6) is 0.335. The number of carbonyl (C=O) groups excluding carboxylic acids is 1. The predicted octanol–water partition coefficient (Wildman–Crippen LogP) is 2.71. The van der Waals surface area contributed by atoms with Crippen molar-refractivity contribution in [2.45, 2.75) is 39.0 Å². The highest BCUT2D eigenvalue weighted by atomic mass is 32.2. The van der Waals surface area contributed by atoms with Crippen LogP contribution in [0.3, 0.4) is 0 Å². The van der Waals surface area contributed by atoms with Gasteiger partial charge in [-0.3, -0.25) is 4.79 Å². The molecule has 0 amide bonds. The average Bonchev–Trinajstić information content (AvgIpc) is 2.68. The van der Waals surface area contributed by atoms with Crippen LogP contribution in [-0.4, -0.2) is 25.9 Å². The van der Waals surface area contributed by atoms with E-state index in [-0.39, 0.29) is 35.2 Å². The lowest BCUT2D eigenvalue weighted by molar-refractivity contribution is -0.135. The Morgan fingerprint density at radius 3 is 2.33 bits per heavy atom. The third-order valence-corrected chi connectivity index (χ3v) is 5.57. The number of sulfone groups is 1. The molecule has 1 fully saturated rings. The molecule has 0 radical (unpaired) electrons. The van der Waals surface area contributed by atoms with E-state index >= 15 is 0 Å². The maximum Gasteiger partial charge on any atom is 0.311 e. The first-order valence-electron chi connectivity index (χ1n) is 7.17. The monoisotopic (exact) mass is 310 g/mol. The van der Waals surface area contributed by atoms with Crippen molar-refractivity contribution < 1.29 is 17.9 Å². The largest absolute Gasteiger partial charge is 0.427 e. The van der Waals surface area contributed by atoms with Gasteiger partial charge in [-0.1, -0.05) is 32.9 Å². The molecule has 0 spiro atoms. The van der Waals surface area contributed by atoms with Crippen LogP contribution in [0.5, 0.6) is 5.75 Å². The van der Waals surface area contributed by atoms with Gasteiger partial charge in [-0.05, 0) is 35.4 Å². The van der Waals surface area contributed by atoms with Crippen molar-refractivity contribution in [3.05, 3.63) is 29.8 Å². The van der Waals surface area contributed by atoms with Crippen LogP contribution in [0.25, 0.3) is 0 Å². The molecule has 1 aliphatic rings. The Labute approximate surface area is 126 Å². The molecule has 0 aromatic heterocycles. The van der Waals surface area contributed by atoms with Crippen molar-refractivity contribution in [1.82, 2.24) is 0 Å². The van der Waals surface area contributed by atoms with Crippen LogP contribution in [0.1, 0.15) is 39.2 Å². The number of hydrogen-bond donors (Lipinski definition) is 0. The van der Waals surface area contributed by atoms with Gasteiger partial charge in [0.25, 0.3) is 0 Å². The zero-order valence-corrected chi connectivity index (χ0v) is 13.6. The van der Waals surface area contributed by atoms with E-state index in [0.29, 0.717) is 12.2 Å². The summed E-state index contributed by atoms with van der Waals surface area (Å²) in [6.07, 6.45) is 0.723. The van der Waals surface area contributed by atoms with Crippen molar-refractivity contribution >= 4 is 15.8 Å². The van der Waals surface area contributed by atoms with Crippen molar-refractivity contribution in [2.24, 2.45) is 5.92 Å². The summed E-state index contributed by atoms with van der Waals surface area (Å²) in [7, 11) is -2.94. The average molecular weight is 310 g/mol. The molecule has 2 rings (SSSR count). The Morgan fingerprint density at radius 1 is 1.24 bits per heavy atom. The molecule has 0 saturated carbocycles. The first-order chi connectivity index (χ1) is 9.66. The summed E-state index contributed by atoms with van der Waals surface area (Å²) < 4.78 is 28.0. The van der Waals surface area contributed by atoms with Crippen LogP contribution in [0, 0.1) is 5.92 Å². The van der Waals surface area contributed by atoms with Crippen LogP contribution in [0.4, 0.5) is 0 Å². The van der Waals surface area contributed by atoms with Gasteiger partial charge < -0.3 is 4.74 Å². The number of ether oxygens (including phenoxy) is 1. The molecule has 1 unspecified atom stereocenters. The van der Waals surface area contributed by atoms with E-state index in [1.54, 1.807) is 12.1 Å². The minimum absolute atomic E-state index is 0.0563. The topological polar surface area (TPSA) is 60.4 Å². The zero-order chi connectivity index (χ0) is 15.7. The van der Waals surface area contributed by atoms with Gasteiger partial charge in [0.05, 0.1) is 11.5 Å². The van der Waals surface area contributed by atoms with Gasteiger partial charge in [-0.2, -0.15) is 0 Å². The number of esters is 1. The van der Waals surface area contributed by atoms with E-state index in [1.165, 1.54) is 5.56 Å². The number of rotatable bonds is 3. The van der Waals surface area contributed by atoms with Gasteiger partial charge in [0.1, 0.15) is 5.75 Å². The fraction of sp³-hybridized carbons (Fsp3) is 0.562. The second-order valence-electron chi connectivity index (χ2n) is 6.72. The number of carbonyl (C=O) groups is 1. The highest BCUT2D eigenvalue weighted by Gasteiger charge is 2.30. The molecule has 5 heteroatoms. The second-order valence-corrected chi connectivity index (χ2v) is 8.95. The van der Waals surface area contributed by atoms with E-state index < -0.39 is 9.84 Å². The lowest BCUT2D eigenvalue weighted by Gasteiger charge is -2.19. The maximum atomic E-state index is 11.8. The van der Waals surface area contributed by atoms with Crippen molar-refractivity contribution in [1.29, 1.82) is 0 Å². The molecular weight excluding hydrogens is 288 g/mol. The number of hydrogen-bond acceptors (Lipinski definition) is 4. The van der Waals surface area contributed by atoms with Crippen LogP contribution in [-0.2, 0) is 20.0 Å². The normalized spacial score (nSPS) is 21.2. The predicted molar refractivity (Wildman–Crippen MR) is 82.2 cm³/mol. The lowest BCUT2D eigenvalue weighted by atomic mass is 9.87. The van der Waals surface area contributed by atoms with Crippen LogP contribution in [0.2, 0.25) is 0 Å². The van der Waals surface area contributed by atoms with E-state index in [2.05, 4.69) is 20.8 Å². The highest BCUT2D eigenvalue weighted by molar-refractivity contribution is 7.91. The van der Waals surface area contributed by atoms with Gasteiger partial charge in [-0.25, -0.2) is 8.42 Å². The first-order valence-corrected chi connectivity index (χ1v) is 8.99. The van der Waals surface area contributed by atoms with Gasteiger partial charge in [0.2, 0.25) is 0 Å². The third kappa shape index (κ3) is 4.56. The van der Waals surface area contributed by atoms with Gasteiger partial charge in [0, 0.05) is 6.42 Å². The first kappa shape index (κ1) is 16.0. The van der Waals surface area contributed by atoms with Crippen LogP contribution < -0.4 is 4.74 Å². The summed E-state index contributed by atoms with van der Waals surface area (Å²) in [4.78, 5) is 11.8. The SMILES string of the molecule is CC(C)(C)c1ccc(OC(=O)CC2CCS(=O)(=O)C2)cc1. The maximum absolute atomic E-state index is 11.8. The Hall–Kier alpha value is -1.36. The van der Waals surface area contributed by atoms with E-state index in [1.807, 2.05) is 12.1 Å². The Kier molecular flexibility index (Phi) is 4.42. The minimum Gasteiger partial charge on any atom is -0.427 e. The van der Waals surface area contributed by atoms with Crippen molar-refractivity contribution in [2.75, 3.05) is 11.5 Å². The molecule has 0 N–H and O–H groups in total. The molecule has 1 heterocycles. The molecule has 4 nitrogen and oxygen atoms in total. The fourth-order valence-corrected chi connectivity index (χ4v) is 4.33. The van der Waals surface area contributed by atoms with Gasteiger partial charge in [0.15, 0.2) is 9.84 Å². The second kappa shape index (κ2) is 5.79. The molecule has 0 bridgehead atoms. The van der Waals surface area contributed by atoms with Gasteiger partial charge >= 0.3 is 5.97 Å². The lowest BCUT2D eigenvalue weighted by Crippen LogP contribution is -2.15. The Morgan fingerprint density at radius 2 is 1.86 bits per heavy atom. The molecule has 1 aromatic rings. The zero-order valence-electron chi connectivity index (χ0n) is 12.8. The summed E-state index contributed by atoms with van der Waals surface area (Å²) in [6, 6.07) is 7.46. The molecular formula is C16H22O4S. The molecule has 0 aliphatic carbocycles. The molecule has 1 aromatic carbocycles. The standard InChI is InChI=1S/C16H22O4S/c1-16(2,3)13-4-6-14(7-5-13)20-15(17)10-12-8-9-21(18,19)11-12/h4-7,12H,8-11H2,1-3H3. The third-order valence-electron chi connectivity index (χ3n) is 3.73. The molecule has 1 aliphatic heterocycles. The summed E-state index contributed by atoms with van der Waals surface area (Å²) >= 11 is 0. The summed E-state index contributed by atoms with van der Waals surface area (Å²) in [5, 5.41) is 0. The van der Waals surface area contributed by atoms with Crippen molar-refractivity contribution in [3.63, 3.8) is 0 Å². The quantitative estimate of drug-likeness (QED) is 0.636. The Bertz CT molecular complexity index is 609. The van der Waals surface area contributed by atoms with Crippen LogP contribution in [0.15, 0.2) is 24.3 Å². The molecule has 21 heavy (non-hydrogen) atoms. The summed E-state index contributed by atoms with van der Waals surface area (Å²) in [5.41, 5.74) is 1.23. The Balaban J connectivity index is 1.91. The van der Waals surface area contributed by atoms with Crippen LogP contribution >= 0.6 is 0 Å². The van der Waals surface area contributed by atoms with E-state index in [9.17, 15) is 13.2 Å². The summed E-state index contributed by atoms with van der Waals surface area (Å²) in [6.45, 7) is 6.36. The van der Waals surface area contributed by atoms with E-state index in [4.69, 9.17) is 4.74 Å². The van der Waals surface area contributed by atoms with Crippen molar-refractivity contribution in [3.8, 4) is 5.75 Å². The minimum atomic E-state index is -2.94.